The summed E-state index contributed by atoms with van der Waals surface area (Å²) in [5, 5.41) is 2.80. The third-order valence-electron chi connectivity index (χ3n) is 4.48. The van der Waals surface area contributed by atoms with Crippen molar-refractivity contribution in [2.24, 2.45) is 0 Å². The first-order valence-corrected chi connectivity index (χ1v) is 10.8. The molecule has 0 aliphatic carbocycles. The fraction of sp³-hybridized carbons (Fsp3) is 0.174. The van der Waals surface area contributed by atoms with Crippen LogP contribution in [0.25, 0.3) is 5.65 Å². The fourth-order valence-electron chi connectivity index (χ4n) is 2.96. The molecule has 0 radical (unpaired) electrons. The minimum Gasteiger partial charge on any atom is -0.497 e. The summed E-state index contributed by atoms with van der Waals surface area (Å²) in [5.74, 6) is 2.22. The van der Waals surface area contributed by atoms with Gasteiger partial charge in [0.05, 0.1) is 12.8 Å². The van der Waals surface area contributed by atoms with Crippen molar-refractivity contribution in [1.82, 2.24) is 9.56 Å². The molecule has 1 N–H and O–H groups in total. The predicted molar refractivity (Wildman–Crippen MR) is 122 cm³/mol. The van der Waals surface area contributed by atoms with Crippen molar-refractivity contribution >= 4 is 29.0 Å². The van der Waals surface area contributed by atoms with Gasteiger partial charge in [0.2, 0.25) is 0 Å². The van der Waals surface area contributed by atoms with Gasteiger partial charge in [-0.3, -0.25) is 9.59 Å². The molecule has 4 aromatic rings. The van der Waals surface area contributed by atoms with E-state index >= 15 is 0 Å². The van der Waals surface area contributed by atoms with E-state index in [-0.39, 0.29) is 18.1 Å². The molecule has 2 heterocycles. The number of aryl methyl sites for hydroxylation is 1. The molecule has 1 amide bonds. The van der Waals surface area contributed by atoms with E-state index in [1.165, 1.54) is 10.6 Å². The maximum absolute atomic E-state index is 12.1. The smallest absolute Gasteiger partial charge is 0.287 e. The average molecular weight is 452 g/mol. The Labute approximate surface area is 188 Å². The van der Waals surface area contributed by atoms with Gasteiger partial charge in [0.15, 0.2) is 12.3 Å². The lowest BCUT2D eigenvalue weighted by Gasteiger charge is -2.09. The lowest BCUT2D eigenvalue weighted by atomic mass is 10.3. The number of aromatic nitrogens is 2. The van der Waals surface area contributed by atoms with Crippen LogP contribution in [0.3, 0.4) is 0 Å². The van der Waals surface area contributed by atoms with Crippen LogP contribution in [0.2, 0.25) is 0 Å². The summed E-state index contributed by atoms with van der Waals surface area (Å²) in [6.07, 6.45) is 0. The standard InChI is InChI=1S/C23H21N3O5S/c1-15-11-21-24-17(12-23(28)26(21)31-15)14-32-20-9-3-16(4-10-20)25-22(27)13-30-19-7-5-18(29-2)6-8-19/h3-12H,13-14H2,1-2H3,(H,25,27). The first-order chi connectivity index (χ1) is 15.5. The Balaban J connectivity index is 1.29. The molecule has 0 spiro atoms. The van der Waals surface area contributed by atoms with E-state index in [4.69, 9.17) is 14.0 Å². The number of ether oxygens (including phenoxy) is 2. The molecule has 2 aromatic heterocycles. The molecule has 4 rings (SSSR count). The van der Waals surface area contributed by atoms with Crippen LogP contribution in [0, 0.1) is 6.92 Å². The van der Waals surface area contributed by atoms with E-state index in [0.29, 0.717) is 34.3 Å². The SMILES string of the molecule is COc1ccc(OCC(=O)Nc2ccc(SCc3cc(=O)n4oc(C)cc4n3)cc2)cc1. The minimum atomic E-state index is -0.255. The van der Waals surface area contributed by atoms with Gasteiger partial charge in [0.25, 0.3) is 11.5 Å². The Morgan fingerprint density at radius 2 is 1.81 bits per heavy atom. The number of benzene rings is 2. The van der Waals surface area contributed by atoms with Crippen molar-refractivity contribution in [2.45, 2.75) is 17.6 Å². The second-order valence-electron chi connectivity index (χ2n) is 6.91. The summed E-state index contributed by atoms with van der Waals surface area (Å²) in [4.78, 5) is 29.7. The van der Waals surface area contributed by atoms with E-state index in [1.54, 1.807) is 56.1 Å². The highest BCUT2D eigenvalue weighted by Gasteiger charge is 2.08. The molecule has 0 unspecified atom stereocenters. The van der Waals surface area contributed by atoms with Gasteiger partial charge < -0.3 is 19.3 Å². The molecule has 32 heavy (non-hydrogen) atoms. The number of amides is 1. The lowest BCUT2D eigenvalue weighted by molar-refractivity contribution is -0.118. The number of thioether (sulfide) groups is 1. The molecule has 8 nitrogen and oxygen atoms in total. The maximum Gasteiger partial charge on any atom is 0.287 e. The maximum atomic E-state index is 12.1. The largest absolute Gasteiger partial charge is 0.497 e. The zero-order chi connectivity index (χ0) is 22.5. The number of hydrogen-bond acceptors (Lipinski definition) is 7. The summed E-state index contributed by atoms with van der Waals surface area (Å²) in [6.45, 7) is 1.67. The molecular formula is C23H21N3O5S. The van der Waals surface area contributed by atoms with Crippen LogP contribution in [0.4, 0.5) is 5.69 Å². The third kappa shape index (κ3) is 5.30. The van der Waals surface area contributed by atoms with E-state index in [9.17, 15) is 9.59 Å². The van der Waals surface area contributed by atoms with E-state index < -0.39 is 0 Å². The monoisotopic (exact) mass is 451 g/mol. The molecular weight excluding hydrogens is 430 g/mol. The van der Waals surface area contributed by atoms with Crippen LogP contribution < -0.4 is 20.3 Å². The number of nitrogens with zero attached hydrogens (tertiary/aromatic N) is 2. The van der Waals surface area contributed by atoms with Crippen molar-refractivity contribution in [3.05, 3.63) is 82.5 Å². The molecule has 164 valence electrons. The van der Waals surface area contributed by atoms with Crippen molar-refractivity contribution < 1.29 is 18.8 Å². The van der Waals surface area contributed by atoms with Gasteiger partial charge in [-0.1, -0.05) is 0 Å². The average Bonchev–Trinajstić information content (AvgIpc) is 3.18. The molecule has 0 bridgehead atoms. The summed E-state index contributed by atoms with van der Waals surface area (Å²) in [5.41, 5.74) is 1.60. The van der Waals surface area contributed by atoms with Crippen LogP contribution in [-0.4, -0.2) is 29.2 Å². The van der Waals surface area contributed by atoms with Gasteiger partial charge in [-0.25, -0.2) is 4.98 Å². The molecule has 9 heteroatoms. The van der Waals surface area contributed by atoms with Gasteiger partial charge in [-0.05, 0) is 55.5 Å². The van der Waals surface area contributed by atoms with Crippen molar-refractivity contribution in [2.75, 3.05) is 19.0 Å². The van der Waals surface area contributed by atoms with Crippen LogP contribution in [-0.2, 0) is 10.5 Å². The fourth-order valence-corrected chi connectivity index (χ4v) is 3.75. The summed E-state index contributed by atoms with van der Waals surface area (Å²) in [6, 6.07) is 17.7. The predicted octanol–water partition coefficient (Wildman–Crippen LogP) is 3.91. The Morgan fingerprint density at radius 3 is 2.53 bits per heavy atom. The third-order valence-corrected chi connectivity index (χ3v) is 5.52. The van der Waals surface area contributed by atoms with Crippen molar-refractivity contribution in [3.63, 3.8) is 0 Å². The highest BCUT2D eigenvalue weighted by Crippen LogP contribution is 2.24. The zero-order valence-corrected chi connectivity index (χ0v) is 18.3. The van der Waals surface area contributed by atoms with Gasteiger partial charge in [-0.15, -0.1) is 16.3 Å². The highest BCUT2D eigenvalue weighted by molar-refractivity contribution is 7.98. The lowest BCUT2D eigenvalue weighted by Crippen LogP contribution is -2.20. The molecule has 0 fully saturated rings. The molecule has 0 aliphatic rings. The Kier molecular flexibility index (Phi) is 6.46. The van der Waals surface area contributed by atoms with Gasteiger partial charge >= 0.3 is 0 Å². The van der Waals surface area contributed by atoms with E-state index in [0.717, 1.165) is 10.6 Å². The number of nitrogens with one attached hydrogen (secondary N) is 1. The van der Waals surface area contributed by atoms with E-state index in [2.05, 4.69) is 10.3 Å². The number of carbonyl (C=O) groups excluding carboxylic acids is 1. The van der Waals surface area contributed by atoms with Crippen molar-refractivity contribution in [1.29, 1.82) is 0 Å². The van der Waals surface area contributed by atoms with Gasteiger partial charge in [0, 0.05) is 28.5 Å². The molecule has 0 aliphatic heterocycles. The molecule has 0 saturated carbocycles. The number of carbonyl (C=O) groups is 1. The Bertz CT molecular complexity index is 1280. The Hall–Kier alpha value is -3.72. The van der Waals surface area contributed by atoms with Gasteiger partial charge in [0.1, 0.15) is 17.3 Å². The number of hydrogen-bond donors (Lipinski definition) is 1. The van der Waals surface area contributed by atoms with Crippen LogP contribution in [0.1, 0.15) is 11.5 Å². The quantitative estimate of drug-likeness (QED) is 0.406. The van der Waals surface area contributed by atoms with Crippen molar-refractivity contribution in [3.8, 4) is 11.5 Å². The minimum absolute atomic E-state index is 0.0972. The van der Waals surface area contributed by atoms with Crippen LogP contribution in [0.5, 0.6) is 11.5 Å². The summed E-state index contributed by atoms with van der Waals surface area (Å²) < 4.78 is 17.0. The number of rotatable bonds is 8. The second kappa shape index (κ2) is 9.61. The topological polar surface area (TPSA) is 95.1 Å². The number of methoxy groups -OCH3 is 1. The first kappa shape index (κ1) is 21.5. The van der Waals surface area contributed by atoms with Gasteiger partial charge in [-0.2, -0.15) is 0 Å². The molecule has 0 atom stereocenters. The Morgan fingerprint density at radius 1 is 1.09 bits per heavy atom. The second-order valence-corrected chi connectivity index (χ2v) is 7.96. The summed E-state index contributed by atoms with van der Waals surface area (Å²) >= 11 is 1.55. The number of fused-ring (bicyclic) bond motifs is 1. The zero-order valence-electron chi connectivity index (χ0n) is 17.5. The molecule has 2 aromatic carbocycles. The number of anilines is 1. The molecule has 0 saturated heterocycles. The van der Waals surface area contributed by atoms with E-state index in [1.807, 2.05) is 24.3 Å². The van der Waals surface area contributed by atoms with Crippen LogP contribution >= 0.6 is 11.8 Å². The first-order valence-electron chi connectivity index (χ1n) is 9.79. The highest BCUT2D eigenvalue weighted by atomic mass is 32.2. The normalized spacial score (nSPS) is 10.8. The van der Waals surface area contributed by atoms with Crippen LogP contribution in [0.15, 0.2) is 74.9 Å². The summed E-state index contributed by atoms with van der Waals surface area (Å²) in [7, 11) is 1.59.